The van der Waals surface area contributed by atoms with Crippen LogP contribution in [-0.2, 0) is 9.53 Å². The Kier molecular flexibility index (Phi) is 4.65. The molecular formula is C6H10F3NO2. The zero-order valence-electron chi connectivity index (χ0n) is 6.57. The van der Waals surface area contributed by atoms with Crippen molar-refractivity contribution in [3.63, 3.8) is 0 Å². The summed E-state index contributed by atoms with van der Waals surface area (Å²) < 4.78 is 39.0. The largest absolute Gasteiger partial charge is 0.450 e. The Labute approximate surface area is 67.9 Å². The molecule has 0 radical (unpaired) electrons. The Bertz CT molecular complexity index is 152. The second kappa shape index (κ2) is 4.97. The van der Waals surface area contributed by atoms with E-state index in [0.717, 1.165) is 0 Å². The first-order valence-corrected chi connectivity index (χ1v) is 3.40. The first-order chi connectivity index (χ1) is 5.52. The van der Waals surface area contributed by atoms with Gasteiger partial charge < -0.3 is 0 Å². The van der Waals surface area contributed by atoms with Crippen molar-refractivity contribution in [2.45, 2.75) is 26.0 Å². The van der Waals surface area contributed by atoms with Crippen LogP contribution < -0.4 is 5.32 Å². The zero-order chi connectivity index (χ0) is 9.61. The van der Waals surface area contributed by atoms with E-state index >= 15 is 0 Å². The molecule has 0 heterocycles. The van der Waals surface area contributed by atoms with Crippen LogP contribution in [0.25, 0.3) is 0 Å². The number of carbonyl (C=O) groups is 1. The second-order valence-corrected chi connectivity index (χ2v) is 2.07. The molecule has 0 rings (SSSR count). The molecule has 12 heavy (non-hydrogen) atoms. The van der Waals surface area contributed by atoms with E-state index in [9.17, 15) is 18.0 Å². The van der Waals surface area contributed by atoms with E-state index in [4.69, 9.17) is 0 Å². The highest BCUT2D eigenvalue weighted by Gasteiger charge is 2.31. The minimum atomic E-state index is -3.90. The lowest BCUT2D eigenvalue weighted by molar-refractivity contribution is -0.271. The van der Waals surface area contributed by atoms with E-state index in [1.807, 2.05) is 0 Å². The Hall–Kier alpha value is -0.780. The van der Waals surface area contributed by atoms with Crippen LogP contribution in [-0.4, -0.2) is 19.0 Å². The molecule has 0 aromatic heterocycles. The third kappa shape index (κ3) is 4.95. The summed E-state index contributed by atoms with van der Waals surface area (Å²) in [7, 11) is 0. The van der Waals surface area contributed by atoms with Gasteiger partial charge in [0.05, 0.1) is 0 Å². The van der Waals surface area contributed by atoms with E-state index in [0.29, 0.717) is 6.42 Å². The van der Waals surface area contributed by atoms with Crippen molar-refractivity contribution in [1.29, 1.82) is 0 Å². The van der Waals surface area contributed by atoms with Crippen molar-refractivity contribution in [2.75, 3.05) is 6.86 Å². The standard InChI is InChI=1S/C6H10F3NO2/c1-2-3-5(11)10-6(8,9)12-4-7/h2-4H2,1H3,(H,10,11). The number of hydrogen-bond donors (Lipinski definition) is 1. The van der Waals surface area contributed by atoms with Gasteiger partial charge in [0.1, 0.15) is 0 Å². The van der Waals surface area contributed by atoms with Crippen molar-refractivity contribution in [2.24, 2.45) is 0 Å². The molecule has 0 aliphatic carbocycles. The second-order valence-electron chi connectivity index (χ2n) is 2.07. The average molecular weight is 185 g/mol. The normalized spacial score (nSPS) is 11.3. The molecule has 3 nitrogen and oxygen atoms in total. The number of halogens is 3. The predicted octanol–water partition coefficient (Wildman–Crippen LogP) is 1.40. The number of ether oxygens (including phenoxy) is 1. The Balaban J connectivity index is 3.79. The van der Waals surface area contributed by atoms with Crippen LogP contribution in [0.3, 0.4) is 0 Å². The highest BCUT2D eigenvalue weighted by atomic mass is 19.3. The molecule has 0 aromatic carbocycles. The topological polar surface area (TPSA) is 38.3 Å². The maximum Gasteiger partial charge on any atom is 0.450 e. The van der Waals surface area contributed by atoms with Gasteiger partial charge in [-0.15, -0.1) is 0 Å². The third-order valence-corrected chi connectivity index (χ3v) is 0.998. The van der Waals surface area contributed by atoms with Gasteiger partial charge in [-0.1, -0.05) is 6.92 Å². The van der Waals surface area contributed by atoms with Gasteiger partial charge in [-0.25, -0.2) is 4.39 Å². The predicted molar refractivity (Wildman–Crippen MR) is 35.1 cm³/mol. The Morgan fingerprint density at radius 1 is 1.58 bits per heavy atom. The van der Waals surface area contributed by atoms with Gasteiger partial charge in [-0.2, -0.15) is 8.78 Å². The maximum absolute atomic E-state index is 12.2. The average Bonchev–Trinajstić information content (AvgIpc) is 1.85. The molecule has 0 spiro atoms. The van der Waals surface area contributed by atoms with Crippen LogP contribution in [0.1, 0.15) is 19.8 Å². The number of hydrogen-bond acceptors (Lipinski definition) is 2. The summed E-state index contributed by atoms with van der Waals surface area (Å²) in [4.78, 5) is 10.5. The van der Waals surface area contributed by atoms with Crippen LogP contribution in [0.5, 0.6) is 0 Å². The van der Waals surface area contributed by atoms with E-state index in [-0.39, 0.29) is 6.42 Å². The van der Waals surface area contributed by atoms with Crippen LogP contribution in [0.4, 0.5) is 13.2 Å². The lowest BCUT2D eigenvalue weighted by atomic mass is 10.3. The first kappa shape index (κ1) is 11.2. The smallest absolute Gasteiger partial charge is 0.275 e. The fourth-order valence-electron chi connectivity index (χ4n) is 0.556. The lowest BCUT2D eigenvalue weighted by Gasteiger charge is -2.14. The van der Waals surface area contributed by atoms with E-state index in [2.05, 4.69) is 4.74 Å². The van der Waals surface area contributed by atoms with Crippen LogP contribution >= 0.6 is 0 Å². The van der Waals surface area contributed by atoms with Crippen molar-refractivity contribution >= 4 is 5.91 Å². The summed E-state index contributed by atoms with van der Waals surface area (Å²) in [6.07, 6.45) is -3.50. The van der Waals surface area contributed by atoms with Gasteiger partial charge in [0.15, 0.2) is 6.86 Å². The molecular weight excluding hydrogens is 175 g/mol. The highest BCUT2D eigenvalue weighted by molar-refractivity contribution is 5.76. The minimum absolute atomic E-state index is 0.0365. The molecule has 0 aromatic rings. The molecule has 0 atom stereocenters. The molecule has 72 valence electrons. The van der Waals surface area contributed by atoms with Crippen LogP contribution in [0.15, 0.2) is 0 Å². The fraction of sp³-hybridized carbons (Fsp3) is 0.833. The van der Waals surface area contributed by atoms with Gasteiger partial charge in [0.25, 0.3) is 0 Å². The number of alkyl halides is 3. The monoisotopic (exact) mass is 185 g/mol. The summed E-state index contributed by atoms with van der Waals surface area (Å²) >= 11 is 0. The summed E-state index contributed by atoms with van der Waals surface area (Å²) in [5.41, 5.74) is 0. The summed E-state index contributed by atoms with van der Waals surface area (Å²) in [5, 5.41) is 1.22. The quantitative estimate of drug-likeness (QED) is 0.519. The molecule has 0 saturated carbocycles. The zero-order valence-corrected chi connectivity index (χ0v) is 6.57. The molecule has 0 fully saturated rings. The van der Waals surface area contributed by atoms with E-state index in [1.54, 1.807) is 6.92 Å². The number of nitrogens with one attached hydrogen (secondary N) is 1. The third-order valence-electron chi connectivity index (χ3n) is 0.998. The highest BCUT2D eigenvalue weighted by Crippen LogP contribution is 2.11. The van der Waals surface area contributed by atoms with E-state index in [1.165, 1.54) is 5.32 Å². The molecule has 0 aliphatic heterocycles. The maximum atomic E-state index is 12.2. The van der Waals surface area contributed by atoms with Gasteiger partial charge >= 0.3 is 6.23 Å². The van der Waals surface area contributed by atoms with Gasteiger partial charge in [-0.3, -0.25) is 14.8 Å². The van der Waals surface area contributed by atoms with Crippen molar-refractivity contribution in [3.05, 3.63) is 0 Å². The van der Waals surface area contributed by atoms with Gasteiger partial charge in [-0.05, 0) is 6.42 Å². The summed E-state index contributed by atoms with van der Waals surface area (Å²) in [5.74, 6) is -0.865. The lowest BCUT2D eigenvalue weighted by Crippen LogP contribution is -2.43. The van der Waals surface area contributed by atoms with Crippen molar-refractivity contribution < 1.29 is 22.7 Å². The molecule has 1 N–H and O–H groups in total. The number of rotatable bonds is 5. The Morgan fingerprint density at radius 2 is 2.17 bits per heavy atom. The van der Waals surface area contributed by atoms with Crippen molar-refractivity contribution in [1.82, 2.24) is 5.32 Å². The first-order valence-electron chi connectivity index (χ1n) is 3.40. The molecule has 0 unspecified atom stereocenters. The van der Waals surface area contributed by atoms with Crippen LogP contribution in [0, 0.1) is 0 Å². The molecule has 6 heteroatoms. The molecule has 0 bridgehead atoms. The molecule has 0 saturated heterocycles. The summed E-state index contributed by atoms with van der Waals surface area (Å²) in [6, 6.07) is 0. The molecule has 1 amide bonds. The van der Waals surface area contributed by atoms with Crippen LogP contribution in [0.2, 0.25) is 0 Å². The minimum Gasteiger partial charge on any atom is -0.275 e. The molecule has 0 aliphatic rings. The SMILES string of the molecule is CCCC(=O)NC(F)(F)OCF. The number of carbonyl (C=O) groups excluding carboxylic acids is 1. The van der Waals surface area contributed by atoms with E-state index < -0.39 is 19.0 Å². The van der Waals surface area contributed by atoms with Gasteiger partial charge in [0.2, 0.25) is 5.91 Å². The fourth-order valence-corrected chi connectivity index (χ4v) is 0.556. The summed E-state index contributed by atoms with van der Waals surface area (Å²) in [6.45, 7) is 0.0210. The number of amides is 1. The van der Waals surface area contributed by atoms with Crippen molar-refractivity contribution in [3.8, 4) is 0 Å². The Morgan fingerprint density at radius 3 is 2.58 bits per heavy atom. The van der Waals surface area contributed by atoms with Gasteiger partial charge in [0, 0.05) is 6.42 Å².